The SMILES string of the molecule is CCc1ccc2nc(N3CCN(CCNC(=O)c4ccccc4S(=O)(=O)CC)CC3)sc2c1. The van der Waals surface area contributed by atoms with Gasteiger partial charge in [-0.1, -0.05) is 43.4 Å². The van der Waals surface area contributed by atoms with Gasteiger partial charge in [-0.2, -0.15) is 0 Å². The van der Waals surface area contributed by atoms with Crippen LogP contribution < -0.4 is 10.2 Å². The number of nitrogens with one attached hydrogen (secondary N) is 1. The number of aromatic nitrogens is 1. The van der Waals surface area contributed by atoms with E-state index in [0.29, 0.717) is 6.54 Å². The van der Waals surface area contributed by atoms with Crippen LogP contribution in [0, 0.1) is 0 Å². The molecule has 0 aliphatic carbocycles. The number of fused-ring (bicyclic) bond motifs is 1. The zero-order valence-corrected chi connectivity index (χ0v) is 20.7. The Balaban J connectivity index is 1.29. The summed E-state index contributed by atoms with van der Waals surface area (Å²) in [4.78, 5) is 22.2. The molecule has 176 valence electrons. The monoisotopic (exact) mass is 486 g/mol. The molecule has 33 heavy (non-hydrogen) atoms. The van der Waals surface area contributed by atoms with Gasteiger partial charge in [0.15, 0.2) is 15.0 Å². The van der Waals surface area contributed by atoms with E-state index in [0.717, 1.165) is 49.8 Å². The standard InChI is InChI=1S/C24H30N4O3S2/c1-3-18-9-10-20-21(17-18)32-24(26-20)28-15-13-27(14-16-28)12-11-25-23(29)19-7-5-6-8-22(19)33(30,31)4-2/h5-10,17H,3-4,11-16H2,1-2H3,(H,25,29). The topological polar surface area (TPSA) is 82.6 Å². The molecular weight excluding hydrogens is 456 g/mol. The van der Waals surface area contributed by atoms with Gasteiger partial charge in [0.1, 0.15) is 0 Å². The molecular formula is C24H30N4O3S2. The fraction of sp³-hybridized carbons (Fsp3) is 0.417. The number of benzene rings is 2. The molecule has 2 heterocycles. The van der Waals surface area contributed by atoms with E-state index in [2.05, 4.69) is 40.2 Å². The molecule has 0 spiro atoms. The summed E-state index contributed by atoms with van der Waals surface area (Å²) in [6.07, 6.45) is 1.03. The summed E-state index contributed by atoms with van der Waals surface area (Å²) in [6.45, 7) is 8.52. The molecule has 1 amide bonds. The van der Waals surface area contributed by atoms with Crippen molar-refractivity contribution in [1.82, 2.24) is 15.2 Å². The van der Waals surface area contributed by atoms with E-state index in [1.165, 1.54) is 16.3 Å². The van der Waals surface area contributed by atoms with Crippen molar-refractivity contribution in [2.75, 3.05) is 49.9 Å². The summed E-state index contributed by atoms with van der Waals surface area (Å²) in [5.41, 5.74) is 2.61. The second-order valence-electron chi connectivity index (χ2n) is 8.14. The summed E-state index contributed by atoms with van der Waals surface area (Å²) in [6, 6.07) is 12.9. The molecule has 2 aromatic carbocycles. The first-order valence-electron chi connectivity index (χ1n) is 11.4. The number of hydrogen-bond donors (Lipinski definition) is 1. The van der Waals surface area contributed by atoms with Crippen LogP contribution >= 0.6 is 11.3 Å². The second-order valence-corrected chi connectivity index (χ2v) is 11.4. The highest BCUT2D eigenvalue weighted by Crippen LogP contribution is 2.30. The zero-order valence-electron chi connectivity index (χ0n) is 19.1. The van der Waals surface area contributed by atoms with Crippen LogP contribution in [0.3, 0.4) is 0 Å². The lowest BCUT2D eigenvalue weighted by Gasteiger charge is -2.34. The molecule has 1 saturated heterocycles. The number of amides is 1. The maximum absolute atomic E-state index is 12.6. The predicted molar refractivity (Wildman–Crippen MR) is 134 cm³/mol. The van der Waals surface area contributed by atoms with E-state index in [9.17, 15) is 13.2 Å². The number of thiazole rings is 1. The van der Waals surface area contributed by atoms with Crippen molar-refractivity contribution in [3.63, 3.8) is 0 Å². The number of carbonyl (C=O) groups is 1. The van der Waals surface area contributed by atoms with E-state index in [1.54, 1.807) is 36.5 Å². The maximum Gasteiger partial charge on any atom is 0.252 e. The van der Waals surface area contributed by atoms with Gasteiger partial charge in [0.25, 0.3) is 5.91 Å². The van der Waals surface area contributed by atoms with Crippen molar-refractivity contribution in [3.8, 4) is 0 Å². The van der Waals surface area contributed by atoms with Crippen LogP contribution in [0.1, 0.15) is 29.8 Å². The minimum absolute atomic E-state index is 0.0317. The third-order valence-corrected chi connectivity index (χ3v) is 8.92. The van der Waals surface area contributed by atoms with Crippen molar-refractivity contribution in [2.24, 2.45) is 0 Å². The van der Waals surface area contributed by atoms with Crippen LogP contribution in [-0.4, -0.2) is 69.2 Å². The largest absolute Gasteiger partial charge is 0.351 e. The molecule has 7 nitrogen and oxygen atoms in total. The van der Waals surface area contributed by atoms with E-state index < -0.39 is 9.84 Å². The minimum atomic E-state index is -3.45. The van der Waals surface area contributed by atoms with Crippen molar-refractivity contribution in [1.29, 1.82) is 0 Å². The van der Waals surface area contributed by atoms with E-state index in [4.69, 9.17) is 4.98 Å². The number of sulfone groups is 1. The molecule has 3 aromatic rings. The summed E-state index contributed by atoms with van der Waals surface area (Å²) in [7, 11) is -3.45. The molecule has 0 radical (unpaired) electrons. The van der Waals surface area contributed by atoms with Gasteiger partial charge in [0.05, 0.1) is 26.4 Å². The molecule has 1 fully saturated rings. The molecule has 4 rings (SSSR count). The number of piperazine rings is 1. The van der Waals surface area contributed by atoms with Gasteiger partial charge in [-0.25, -0.2) is 13.4 Å². The Bertz CT molecular complexity index is 1230. The Labute approximate surface area is 199 Å². The lowest BCUT2D eigenvalue weighted by Crippen LogP contribution is -2.48. The number of carbonyl (C=O) groups excluding carboxylic acids is 1. The van der Waals surface area contributed by atoms with Crippen molar-refractivity contribution < 1.29 is 13.2 Å². The average molecular weight is 487 g/mol. The molecule has 0 bridgehead atoms. The first-order chi connectivity index (χ1) is 15.9. The highest BCUT2D eigenvalue weighted by molar-refractivity contribution is 7.91. The summed E-state index contributed by atoms with van der Waals surface area (Å²) in [5, 5.41) is 3.95. The summed E-state index contributed by atoms with van der Waals surface area (Å²) < 4.78 is 25.8. The molecule has 9 heteroatoms. The highest BCUT2D eigenvalue weighted by atomic mass is 32.2. The Morgan fingerprint density at radius 1 is 1.09 bits per heavy atom. The molecule has 0 saturated carbocycles. The lowest BCUT2D eigenvalue weighted by atomic mass is 10.2. The number of aryl methyl sites for hydroxylation is 1. The molecule has 1 aliphatic rings. The number of rotatable bonds is 8. The quantitative estimate of drug-likeness (QED) is 0.527. The van der Waals surface area contributed by atoms with Gasteiger partial charge < -0.3 is 10.2 Å². The summed E-state index contributed by atoms with van der Waals surface area (Å²) >= 11 is 1.75. The second kappa shape index (κ2) is 10.2. The van der Waals surface area contributed by atoms with Crippen LogP contribution in [-0.2, 0) is 16.3 Å². The van der Waals surface area contributed by atoms with Crippen molar-refractivity contribution in [2.45, 2.75) is 25.2 Å². The van der Waals surface area contributed by atoms with Crippen LogP contribution in [0.2, 0.25) is 0 Å². The Kier molecular flexibility index (Phi) is 7.31. The summed E-state index contributed by atoms with van der Waals surface area (Å²) in [5.74, 6) is -0.377. The fourth-order valence-corrected chi connectivity index (χ4v) is 6.15. The lowest BCUT2D eigenvalue weighted by molar-refractivity contribution is 0.0944. The van der Waals surface area contributed by atoms with Gasteiger partial charge in [-0.3, -0.25) is 9.69 Å². The minimum Gasteiger partial charge on any atom is -0.351 e. The van der Waals surface area contributed by atoms with E-state index >= 15 is 0 Å². The molecule has 1 aromatic heterocycles. The van der Waals surface area contributed by atoms with Crippen molar-refractivity contribution >= 4 is 42.4 Å². The molecule has 0 unspecified atom stereocenters. The van der Waals surface area contributed by atoms with E-state index in [1.807, 2.05) is 0 Å². The van der Waals surface area contributed by atoms with Gasteiger partial charge in [-0.15, -0.1) is 0 Å². The third-order valence-electron chi connectivity index (χ3n) is 6.05. The fourth-order valence-electron chi connectivity index (χ4n) is 3.98. The van der Waals surface area contributed by atoms with E-state index in [-0.39, 0.29) is 22.1 Å². The zero-order chi connectivity index (χ0) is 23.4. The maximum atomic E-state index is 12.6. The first kappa shape index (κ1) is 23.7. The predicted octanol–water partition coefficient (Wildman–Crippen LogP) is 3.20. The molecule has 1 N–H and O–H groups in total. The van der Waals surface area contributed by atoms with Gasteiger partial charge in [-0.05, 0) is 36.2 Å². The number of nitrogens with zero attached hydrogens (tertiary/aromatic N) is 3. The average Bonchev–Trinajstić information content (AvgIpc) is 3.27. The van der Waals surface area contributed by atoms with Crippen LogP contribution in [0.15, 0.2) is 47.4 Å². The Morgan fingerprint density at radius 3 is 2.58 bits per heavy atom. The smallest absolute Gasteiger partial charge is 0.252 e. The molecule has 0 atom stereocenters. The Hall–Kier alpha value is -2.49. The van der Waals surface area contributed by atoms with Gasteiger partial charge in [0.2, 0.25) is 0 Å². The number of hydrogen-bond acceptors (Lipinski definition) is 7. The van der Waals surface area contributed by atoms with Crippen LogP contribution in [0.25, 0.3) is 10.2 Å². The van der Waals surface area contributed by atoms with Gasteiger partial charge in [0, 0.05) is 39.3 Å². The Morgan fingerprint density at radius 2 is 1.85 bits per heavy atom. The number of anilines is 1. The normalized spacial score (nSPS) is 15.2. The highest BCUT2D eigenvalue weighted by Gasteiger charge is 2.22. The first-order valence-corrected chi connectivity index (χ1v) is 13.8. The third kappa shape index (κ3) is 5.37. The van der Waals surface area contributed by atoms with Crippen LogP contribution in [0.5, 0.6) is 0 Å². The molecule has 1 aliphatic heterocycles. The van der Waals surface area contributed by atoms with Crippen molar-refractivity contribution in [3.05, 3.63) is 53.6 Å². The van der Waals surface area contributed by atoms with Gasteiger partial charge >= 0.3 is 0 Å². The van der Waals surface area contributed by atoms with Crippen LogP contribution in [0.4, 0.5) is 5.13 Å².